The summed E-state index contributed by atoms with van der Waals surface area (Å²) in [6.45, 7) is 4.30. The Balaban J connectivity index is 1.83. The van der Waals surface area contributed by atoms with E-state index in [-0.39, 0.29) is 0 Å². The van der Waals surface area contributed by atoms with Gasteiger partial charge in [0.05, 0.1) is 7.11 Å². The first-order valence-corrected chi connectivity index (χ1v) is 8.05. The summed E-state index contributed by atoms with van der Waals surface area (Å²) in [6, 6.07) is 11.2. The second-order valence-corrected chi connectivity index (χ2v) is 6.06. The summed E-state index contributed by atoms with van der Waals surface area (Å²) in [5, 5.41) is 0. The fourth-order valence-electron chi connectivity index (χ4n) is 3.30. The van der Waals surface area contributed by atoms with Gasteiger partial charge in [-0.3, -0.25) is 9.88 Å². The minimum atomic E-state index is 0.483. The Morgan fingerprint density at radius 1 is 1.27 bits per heavy atom. The van der Waals surface area contributed by atoms with Gasteiger partial charge in [0.2, 0.25) is 0 Å². The average molecular weight is 296 g/mol. The maximum absolute atomic E-state index is 5.39. The largest absolute Gasteiger partial charge is 0.497 e. The molecule has 1 saturated heterocycles. The lowest BCUT2D eigenvalue weighted by atomic mass is 9.94. The lowest BCUT2D eigenvalue weighted by Crippen LogP contribution is -2.33. The minimum absolute atomic E-state index is 0.483. The second-order valence-electron chi connectivity index (χ2n) is 6.06. The molecule has 1 aromatic heterocycles. The van der Waals surface area contributed by atoms with Gasteiger partial charge in [-0.05, 0) is 61.2 Å². The summed E-state index contributed by atoms with van der Waals surface area (Å²) in [5.74, 6) is 0.947. The summed E-state index contributed by atoms with van der Waals surface area (Å²) >= 11 is 0. The zero-order chi connectivity index (χ0) is 15.4. The third-order valence-corrected chi connectivity index (χ3v) is 4.60. The monoisotopic (exact) mass is 296 g/mol. The number of pyridine rings is 1. The molecule has 0 unspecified atom stereocenters. The quantitative estimate of drug-likeness (QED) is 0.848. The van der Waals surface area contributed by atoms with Crippen molar-refractivity contribution in [2.75, 3.05) is 13.7 Å². The van der Waals surface area contributed by atoms with Gasteiger partial charge in [-0.1, -0.05) is 18.6 Å². The molecule has 0 N–H and O–H groups in total. The van der Waals surface area contributed by atoms with Gasteiger partial charge in [0.15, 0.2) is 0 Å². The van der Waals surface area contributed by atoms with Crippen molar-refractivity contribution in [3.63, 3.8) is 0 Å². The van der Waals surface area contributed by atoms with Gasteiger partial charge in [-0.2, -0.15) is 0 Å². The number of aryl methyl sites for hydroxylation is 1. The molecule has 0 saturated carbocycles. The van der Waals surface area contributed by atoms with E-state index in [1.807, 2.05) is 18.5 Å². The van der Waals surface area contributed by atoms with Crippen molar-refractivity contribution >= 4 is 0 Å². The Morgan fingerprint density at radius 2 is 2.18 bits per heavy atom. The van der Waals surface area contributed by atoms with Crippen LogP contribution in [0.3, 0.4) is 0 Å². The topological polar surface area (TPSA) is 25.4 Å². The highest BCUT2D eigenvalue weighted by atomic mass is 16.5. The number of hydrogen-bond donors (Lipinski definition) is 0. The number of hydrogen-bond acceptors (Lipinski definition) is 3. The number of likely N-dealkylation sites (tertiary alicyclic amines) is 1. The van der Waals surface area contributed by atoms with E-state index >= 15 is 0 Å². The molecule has 0 aliphatic carbocycles. The van der Waals surface area contributed by atoms with Crippen LogP contribution in [-0.2, 0) is 6.54 Å². The van der Waals surface area contributed by atoms with Crippen LogP contribution < -0.4 is 4.74 Å². The zero-order valence-electron chi connectivity index (χ0n) is 13.5. The summed E-state index contributed by atoms with van der Waals surface area (Å²) in [7, 11) is 1.73. The van der Waals surface area contributed by atoms with Gasteiger partial charge in [0, 0.05) is 25.0 Å². The Labute approximate surface area is 132 Å². The van der Waals surface area contributed by atoms with Crippen LogP contribution in [0.5, 0.6) is 5.75 Å². The number of rotatable bonds is 4. The van der Waals surface area contributed by atoms with Crippen molar-refractivity contribution in [2.24, 2.45) is 0 Å². The number of aromatic nitrogens is 1. The molecule has 3 nitrogen and oxygen atoms in total. The van der Waals surface area contributed by atoms with E-state index in [4.69, 9.17) is 4.74 Å². The molecule has 116 valence electrons. The molecule has 0 spiro atoms. The van der Waals surface area contributed by atoms with Gasteiger partial charge < -0.3 is 4.74 Å². The smallest absolute Gasteiger partial charge is 0.119 e. The van der Waals surface area contributed by atoms with Crippen LogP contribution in [-0.4, -0.2) is 23.5 Å². The summed E-state index contributed by atoms with van der Waals surface area (Å²) in [6.07, 6.45) is 7.66. The molecule has 0 bridgehead atoms. The van der Waals surface area contributed by atoms with E-state index in [9.17, 15) is 0 Å². The van der Waals surface area contributed by atoms with E-state index in [1.54, 1.807) is 7.11 Å². The van der Waals surface area contributed by atoms with Crippen molar-refractivity contribution in [1.29, 1.82) is 0 Å². The number of ether oxygens (including phenoxy) is 1. The molecule has 3 rings (SSSR count). The van der Waals surface area contributed by atoms with E-state index in [2.05, 4.69) is 41.1 Å². The lowest BCUT2D eigenvalue weighted by molar-refractivity contribution is 0.140. The van der Waals surface area contributed by atoms with Crippen molar-refractivity contribution in [1.82, 2.24) is 9.88 Å². The normalized spacial score (nSPS) is 19.1. The van der Waals surface area contributed by atoms with E-state index in [0.29, 0.717) is 6.04 Å². The molecule has 0 radical (unpaired) electrons. The third kappa shape index (κ3) is 3.30. The molecule has 2 aromatic rings. The first-order valence-electron chi connectivity index (χ1n) is 8.05. The number of nitrogens with zero attached hydrogens (tertiary/aromatic N) is 2. The first kappa shape index (κ1) is 15.0. The zero-order valence-corrected chi connectivity index (χ0v) is 13.5. The third-order valence-electron chi connectivity index (χ3n) is 4.60. The van der Waals surface area contributed by atoms with Crippen LogP contribution in [0.2, 0.25) is 0 Å². The highest BCUT2D eigenvalue weighted by molar-refractivity contribution is 5.31. The molecule has 0 amide bonds. The summed E-state index contributed by atoms with van der Waals surface area (Å²) in [4.78, 5) is 6.80. The highest BCUT2D eigenvalue weighted by Gasteiger charge is 2.24. The van der Waals surface area contributed by atoms with E-state index in [1.165, 1.54) is 36.0 Å². The van der Waals surface area contributed by atoms with Gasteiger partial charge in [-0.15, -0.1) is 0 Å². The molecule has 1 aliphatic heterocycles. The Kier molecular flexibility index (Phi) is 4.74. The van der Waals surface area contributed by atoms with Gasteiger partial charge in [0.25, 0.3) is 0 Å². The maximum Gasteiger partial charge on any atom is 0.119 e. The number of benzene rings is 1. The summed E-state index contributed by atoms with van der Waals surface area (Å²) < 4.78 is 5.39. The second kappa shape index (κ2) is 6.93. The van der Waals surface area contributed by atoms with Crippen LogP contribution in [0.4, 0.5) is 0 Å². The maximum atomic E-state index is 5.39. The van der Waals surface area contributed by atoms with Crippen LogP contribution >= 0.6 is 0 Å². The van der Waals surface area contributed by atoms with Crippen molar-refractivity contribution in [2.45, 2.75) is 38.8 Å². The molecule has 2 heterocycles. The fourth-order valence-corrected chi connectivity index (χ4v) is 3.30. The van der Waals surface area contributed by atoms with Crippen molar-refractivity contribution < 1.29 is 4.74 Å². The summed E-state index contributed by atoms with van der Waals surface area (Å²) in [5.41, 5.74) is 4.02. The Bertz CT molecular complexity index is 626. The lowest BCUT2D eigenvalue weighted by Gasteiger charge is -2.36. The Hall–Kier alpha value is -1.87. The molecule has 1 atom stereocenters. The molecule has 1 aromatic carbocycles. The average Bonchev–Trinajstić information content (AvgIpc) is 2.57. The van der Waals surface area contributed by atoms with E-state index < -0.39 is 0 Å². The predicted octanol–water partition coefficient (Wildman–Crippen LogP) is 4.13. The molecular weight excluding hydrogens is 272 g/mol. The minimum Gasteiger partial charge on any atom is -0.497 e. The standard InChI is InChI=1S/C19H24N2O/c1-15-13-20-10-9-17(15)14-21-11-4-3-8-19(21)16-6-5-7-18(12-16)22-2/h5-7,9-10,12-13,19H,3-4,8,11,14H2,1-2H3/t19-/m1/s1. The van der Waals surface area contributed by atoms with Crippen LogP contribution in [0, 0.1) is 6.92 Å². The van der Waals surface area contributed by atoms with Gasteiger partial charge in [-0.25, -0.2) is 0 Å². The van der Waals surface area contributed by atoms with Crippen molar-refractivity contribution in [3.8, 4) is 5.75 Å². The first-order chi connectivity index (χ1) is 10.8. The molecule has 1 aliphatic rings. The number of methoxy groups -OCH3 is 1. The predicted molar refractivity (Wildman–Crippen MR) is 89.0 cm³/mol. The van der Waals surface area contributed by atoms with Crippen LogP contribution in [0.25, 0.3) is 0 Å². The molecule has 1 fully saturated rings. The van der Waals surface area contributed by atoms with Crippen LogP contribution in [0.15, 0.2) is 42.7 Å². The SMILES string of the molecule is COc1cccc([C@H]2CCCCN2Cc2ccncc2C)c1. The fraction of sp³-hybridized carbons (Fsp3) is 0.421. The van der Waals surface area contributed by atoms with Gasteiger partial charge >= 0.3 is 0 Å². The van der Waals surface area contributed by atoms with E-state index in [0.717, 1.165) is 18.8 Å². The van der Waals surface area contributed by atoms with Crippen molar-refractivity contribution in [3.05, 3.63) is 59.4 Å². The van der Waals surface area contributed by atoms with Gasteiger partial charge in [0.1, 0.15) is 5.75 Å². The van der Waals surface area contributed by atoms with Crippen LogP contribution in [0.1, 0.15) is 42.0 Å². The highest BCUT2D eigenvalue weighted by Crippen LogP contribution is 2.33. The molecular formula is C19H24N2O. The molecule has 3 heteroatoms. The molecule has 22 heavy (non-hydrogen) atoms. The number of piperidine rings is 1. The Morgan fingerprint density at radius 3 is 3.00 bits per heavy atom.